The quantitative estimate of drug-likeness (QED) is 0.306. The third-order valence-corrected chi connectivity index (χ3v) is 7.55. The molecule has 3 aromatic rings. The average Bonchev–Trinajstić information content (AvgIpc) is 2.94. The summed E-state index contributed by atoms with van der Waals surface area (Å²) in [6, 6.07) is 6.94. The number of ether oxygens (including phenoxy) is 2. The van der Waals surface area contributed by atoms with Gasteiger partial charge in [-0.25, -0.2) is 13.2 Å². The van der Waals surface area contributed by atoms with E-state index < -0.39 is 34.9 Å². The Hall–Kier alpha value is -3.41. The standard InChI is InChI=1S/C28H32F3N3O5/c1-38-18-2-3-23-20(12-18)25(17(15-32)16-33-23)24(35)4-5-28(27(36)37)6-8-34(9-7-28)10-11-39-19-13-21(29)26(31)22(30)14-19/h2-3,12-14,16,24,35H,4-11,15,32H2,1H3,(H,36,37). The molecule has 210 valence electrons. The largest absolute Gasteiger partial charge is 0.497 e. The zero-order valence-electron chi connectivity index (χ0n) is 21.6. The molecule has 1 atom stereocenters. The van der Waals surface area contributed by atoms with E-state index in [1.165, 1.54) is 0 Å². The van der Waals surface area contributed by atoms with E-state index in [0.29, 0.717) is 60.3 Å². The number of halogens is 3. The SMILES string of the molecule is COc1ccc2ncc(CN)c(C(O)CCC3(C(=O)O)CCN(CCOc4cc(F)c(F)c(F)c4)CC3)c2c1. The van der Waals surface area contributed by atoms with Gasteiger partial charge in [0, 0.05) is 36.8 Å². The lowest BCUT2D eigenvalue weighted by Crippen LogP contribution is -2.45. The molecule has 4 rings (SSSR count). The van der Waals surface area contributed by atoms with E-state index >= 15 is 0 Å². The highest BCUT2D eigenvalue weighted by atomic mass is 19.2. The first kappa shape index (κ1) is 28.6. The molecule has 0 radical (unpaired) electrons. The molecule has 1 saturated heterocycles. The Morgan fingerprint density at radius 2 is 1.85 bits per heavy atom. The minimum absolute atomic E-state index is 0.101. The van der Waals surface area contributed by atoms with Crippen LogP contribution in [0, 0.1) is 22.9 Å². The van der Waals surface area contributed by atoms with Crippen LogP contribution in [0.15, 0.2) is 36.5 Å². The van der Waals surface area contributed by atoms with Gasteiger partial charge >= 0.3 is 5.97 Å². The molecule has 1 aliphatic heterocycles. The van der Waals surface area contributed by atoms with Crippen molar-refractivity contribution in [1.82, 2.24) is 9.88 Å². The molecule has 1 unspecified atom stereocenters. The number of aromatic nitrogens is 1. The molecule has 1 aromatic heterocycles. The maximum atomic E-state index is 13.4. The minimum Gasteiger partial charge on any atom is -0.497 e. The Labute approximate surface area is 224 Å². The van der Waals surface area contributed by atoms with E-state index in [9.17, 15) is 28.2 Å². The van der Waals surface area contributed by atoms with E-state index in [1.54, 1.807) is 31.5 Å². The summed E-state index contributed by atoms with van der Waals surface area (Å²) in [6.07, 6.45) is 1.91. The number of pyridine rings is 1. The van der Waals surface area contributed by atoms with Crippen molar-refractivity contribution in [3.63, 3.8) is 0 Å². The molecule has 0 bridgehead atoms. The van der Waals surface area contributed by atoms with Crippen LogP contribution in [0.3, 0.4) is 0 Å². The fraction of sp³-hybridized carbons (Fsp3) is 0.429. The molecular weight excluding hydrogens is 515 g/mol. The average molecular weight is 548 g/mol. The van der Waals surface area contributed by atoms with Crippen LogP contribution in [-0.4, -0.2) is 59.4 Å². The van der Waals surface area contributed by atoms with E-state index in [0.717, 1.165) is 12.1 Å². The summed E-state index contributed by atoms with van der Waals surface area (Å²) in [5.41, 5.74) is 6.91. The Balaban J connectivity index is 1.38. The van der Waals surface area contributed by atoms with E-state index in [1.807, 2.05) is 4.90 Å². The molecule has 0 aliphatic carbocycles. The lowest BCUT2D eigenvalue weighted by molar-refractivity contribution is -0.153. The molecule has 1 fully saturated rings. The predicted octanol–water partition coefficient (Wildman–Crippen LogP) is 4.18. The van der Waals surface area contributed by atoms with Gasteiger partial charge in [0.25, 0.3) is 0 Å². The second-order valence-corrected chi connectivity index (χ2v) is 9.82. The number of aliphatic hydroxyl groups excluding tert-OH is 1. The zero-order valence-corrected chi connectivity index (χ0v) is 21.6. The molecule has 4 N–H and O–H groups in total. The number of carboxylic acids is 1. The molecule has 8 nitrogen and oxygen atoms in total. The number of aliphatic hydroxyl groups is 1. The number of nitrogens with zero attached hydrogens (tertiary/aromatic N) is 2. The Kier molecular flexibility index (Phi) is 8.94. The summed E-state index contributed by atoms with van der Waals surface area (Å²) in [5, 5.41) is 22.1. The van der Waals surface area contributed by atoms with Gasteiger partial charge in [0.15, 0.2) is 17.5 Å². The van der Waals surface area contributed by atoms with Crippen molar-refractivity contribution < 1.29 is 37.7 Å². The highest BCUT2D eigenvalue weighted by molar-refractivity contribution is 5.85. The van der Waals surface area contributed by atoms with Crippen LogP contribution in [-0.2, 0) is 11.3 Å². The first-order chi connectivity index (χ1) is 18.7. The predicted molar refractivity (Wildman–Crippen MR) is 138 cm³/mol. The Morgan fingerprint density at radius 3 is 2.46 bits per heavy atom. The molecule has 11 heteroatoms. The first-order valence-electron chi connectivity index (χ1n) is 12.7. The van der Waals surface area contributed by atoms with Crippen LogP contribution in [0.25, 0.3) is 10.9 Å². The Morgan fingerprint density at radius 1 is 1.15 bits per heavy atom. The van der Waals surface area contributed by atoms with Crippen molar-refractivity contribution in [1.29, 1.82) is 0 Å². The van der Waals surface area contributed by atoms with Crippen LogP contribution < -0.4 is 15.2 Å². The number of rotatable bonds is 11. The Bertz CT molecular complexity index is 1300. The summed E-state index contributed by atoms with van der Waals surface area (Å²) in [5.74, 6) is -4.62. The molecule has 0 amide bonds. The number of fused-ring (bicyclic) bond motifs is 1. The fourth-order valence-electron chi connectivity index (χ4n) is 5.16. The van der Waals surface area contributed by atoms with Crippen molar-refractivity contribution in [3.05, 3.63) is 65.1 Å². The number of hydrogen-bond donors (Lipinski definition) is 3. The van der Waals surface area contributed by atoms with Crippen LogP contribution in [0.4, 0.5) is 13.2 Å². The molecule has 0 saturated carbocycles. The highest BCUT2D eigenvalue weighted by Gasteiger charge is 2.41. The van der Waals surface area contributed by atoms with Crippen LogP contribution in [0.2, 0.25) is 0 Å². The van der Waals surface area contributed by atoms with Gasteiger partial charge in [-0.15, -0.1) is 0 Å². The van der Waals surface area contributed by atoms with Gasteiger partial charge in [0.05, 0.1) is 24.1 Å². The maximum Gasteiger partial charge on any atom is 0.309 e. The van der Waals surface area contributed by atoms with Gasteiger partial charge in [-0.2, -0.15) is 0 Å². The van der Waals surface area contributed by atoms with Gasteiger partial charge in [-0.1, -0.05) is 0 Å². The number of nitrogens with two attached hydrogens (primary N) is 1. The summed E-state index contributed by atoms with van der Waals surface area (Å²) in [7, 11) is 1.55. The second-order valence-electron chi connectivity index (χ2n) is 9.82. The number of carboxylic acid groups (broad SMARTS) is 1. The molecule has 1 aliphatic rings. The van der Waals surface area contributed by atoms with Gasteiger partial charge in [-0.3, -0.25) is 14.7 Å². The number of carbonyl (C=O) groups is 1. The number of piperidine rings is 1. The molecule has 39 heavy (non-hydrogen) atoms. The number of aliphatic carboxylic acids is 1. The van der Waals surface area contributed by atoms with Crippen molar-refractivity contribution in [3.8, 4) is 11.5 Å². The summed E-state index contributed by atoms with van der Waals surface area (Å²) in [6.45, 7) is 1.63. The molecule has 2 heterocycles. The number of likely N-dealkylation sites (tertiary alicyclic amines) is 1. The van der Waals surface area contributed by atoms with Gasteiger partial charge in [0.1, 0.15) is 18.1 Å². The van der Waals surface area contributed by atoms with Crippen LogP contribution >= 0.6 is 0 Å². The highest BCUT2D eigenvalue weighted by Crippen LogP contribution is 2.40. The van der Waals surface area contributed by atoms with Crippen molar-refractivity contribution >= 4 is 16.9 Å². The second kappa shape index (κ2) is 12.2. The summed E-state index contributed by atoms with van der Waals surface area (Å²) in [4.78, 5) is 18.8. The third-order valence-electron chi connectivity index (χ3n) is 7.55. The molecular formula is C28H32F3N3O5. The van der Waals surface area contributed by atoms with Crippen molar-refractivity contribution in [2.75, 3.05) is 33.4 Å². The molecule has 0 spiro atoms. The first-order valence-corrected chi connectivity index (χ1v) is 12.7. The van der Waals surface area contributed by atoms with E-state index in [-0.39, 0.29) is 31.7 Å². The maximum absolute atomic E-state index is 13.4. The number of hydrogen-bond acceptors (Lipinski definition) is 7. The van der Waals surface area contributed by atoms with Crippen molar-refractivity contribution in [2.24, 2.45) is 11.1 Å². The van der Waals surface area contributed by atoms with Gasteiger partial charge < -0.3 is 25.4 Å². The van der Waals surface area contributed by atoms with Crippen LogP contribution in [0.1, 0.15) is 42.9 Å². The monoisotopic (exact) mass is 547 g/mol. The lowest BCUT2D eigenvalue weighted by atomic mass is 9.74. The van der Waals surface area contributed by atoms with E-state index in [4.69, 9.17) is 15.2 Å². The van der Waals surface area contributed by atoms with Crippen molar-refractivity contribution in [2.45, 2.75) is 38.3 Å². The van der Waals surface area contributed by atoms with Gasteiger partial charge in [-0.05, 0) is 68.1 Å². The van der Waals surface area contributed by atoms with Gasteiger partial charge in [0.2, 0.25) is 0 Å². The van der Waals surface area contributed by atoms with E-state index in [2.05, 4.69) is 4.98 Å². The zero-order chi connectivity index (χ0) is 28.2. The van der Waals surface area contributed by atoms with Crippen LogP contribution in [0.5, 0.6) is 11.5 Å². The minimum atomic E-state index is -1.55. The molecule has 2 aromatic carbocycles. The fourth-order valence-corrected chi connectivity index (χ4v) is 5.16. The topological polar surface area (TPSA) is 118 Å². The number of methoxy groups -OCH3 is 1. The normalized spacial score (nSPS) is 16.3. The number of benzene rings is 2. The smallest absolute Gasteiger partial charge is 0.309 e. The lowest BCUT2D eigenvalue weighted by Gasteiger charge is -2.39. The third kappa shape index (κ3) is 6.26. The summed E-state index contributed by atoms with van der Waals surface area (Å²) >= 11 is 0. The summed E-state index contributed by atoms with van der Waals surface area (Å²) < 4.78 is 50.6.